The number of aromatic amines is 1. The lowest BCUT2D eigenvalue weighted by molar-refractivity contribution is 0.0996. The summed E-state index contributed by atoms with van der Waals surface area (Å²) >= 11 is 0. The van der Waals surface area contributed by atoms with E-state index in [0.29, 0.717) is 22.5 Å². The largest absolute Gasteiger partial charge is 0.366 e. The number of rotatable bonds is 3. The van der Waals surface area contributed by atoms with Crippen LogP contribution >= 0.6 is 0 Å². The van der Waals surface area contributed by atoms with Crippen molar-refractivity contribution in [2.24, 2.45) is 5.73 Å². The zero-order valence-corrected chi connectivity index (χ0v) is 9.73. The maximum atomic E-state index is 11.9. The fourth-order valence-electron chi connectivity index (χ4n) is 1.53. The molecule has 6 heteroatoms. The van der Waals surface area contributed by atoms with Crippen molar-refractivity contribution in [2.75, 3.05) is 5.32 Å². The van der Waals surface area contributed by atoms with Crippen LogP contribution in [0.15, 0.2) is 30.5 Å². The number of primary amides is 1. The van der Waals surface area contributed by atoms with Gasteiger partial charge in [0, 0.05) is 16.9 Å². The van der Waals surface area contributed by atoms with E-state index in [1.165, 1.54) is 12.3 Å². The Labute approximate surface area is 103 Å². The molecule has 0 saturated carbocycles. The van der Waals surface area contributed by atoms with Crippen molar-refractivity contribution in [3.8, 4) is 0 Å². The maximum absolute atomic E-state index is 11.9. The molecule has 6 nitrogen and oxygen atoms in total. The fraction of sp³-hybridized carbons (Fsp3) is 0.0833. The average molecular weight is 244 g/mol. The summed E-state index contributed by atoms with van der Waals surface area (Å²) in [7, 11) is 0. The summed E-state index contributed by atoms with van der Waals surface area (Å²) in [4.78, 5) is 22.9. The Morgan fingerprint density at radius 3 is 2.78 bits per heavy atom. The van der Waals surface area contributed by atoms with Gasteiger partial charge in [-0.25, -0.2) is 0 Å². The number of hydrogen-bond acceptors (Lipinski definition) is 3. The molecule has 2 aromatic rings. The first-order valence-corrected chi connectivity index (χ1v) is 5.29. The molecule has 1 heterocycles. The van der Waals surface area contributed by atoms with Crippen molar-refractivity contribution in [3.63, 3.8) is 0 Å². The molecule has 0 aliphatic rings. The lowest BCUT2D eigenvalue weighted by Crippen LogP contribution is -2.14. The Kier molecular flexibility index (Phi) is 3.09. The number of amides is 2. The highest BCUT2D eigenvalue weighted by Crippen LogP contribution is 2.12. The van der Waals surface area contributed by atoms with E-state index in [9.17, 15) is 9.59 Å². The smallest absolute Gasteiger partial charge is 0.259 e. The van der Waals surface area contributed by atoms with Crippen LogP contribution in [0.25, 0.3) is 0 Å². The molecule has 1 aromatic carbocycles. The van der Waals surface area contributed by atoms with E-state index in [0.717, 1.165) is 0 Å². The fourth-order valence-corrected chi connectivity index (χ4v) is 1.53. The van der Waals surface area contributed by atoms with Gasteiger partial charge in [0.2, 0.25) is 5.91 Å². The summed E-state index contributed by atoms with van der Waals surface area (Å²) in [5.41, 5.74) is 7.16. The molecule has 18 heavy (non-hydrogen) atoms. The van der Waals surface area contributed by atoms with Crippen LogP contribution in [0.2, 0.25) is 0 Å². The first-order chi connectivity index (χ1) is 8.58. The predicted molar refractivity (Wildman–Crippen MR) is 66.2 cm³/mol. The molecule has 4 N–H and O–H groups in total. The summed E-state index contributed by atoms with van der Waals surface area (Å²) in [5.74, 6) is -0.825. The molecule has 0 atom stereocenters. The standard InChI is InChI=1S/C12H12N4O2/c1-7-10(6-14-16-7)12(18)15-9-4-2-3-8(5-9)11(13)17/h2-6H,1H3,(H2,13,17)(H,14,16)(H,15,18). The number of hydrogen-bond donors (Lipinski definition) is 3. The molecule has 1 aromatic heterocycles. The molecule has 92 valence electrons. The minimum absolute atomic E-state index is 0.289. The second-order valence-electron chi connectivity index (χ2n) is 3.81. The van der Waals surface area contributed by atoms with Gasteiger partial charge in [-0.05, 0) is 25.1 Å². The Balaban J connectivity index is 2.20. The van der Waals surface area contributed by atoms with E-state index >= 15 is 0 Å². The molecule has 0 radical (unpaired) electrons. The van der Waals surface area contributed by atoms with Gasteiger partial charge in [0.25, 0.3) is 5.91 Å². The van der Waals surface area contributed by atoms with E-state index < -0.39 is 5.91 Å². The van der Waals surface area contributed by atoms with Crippen LogP contribution in [-0.2, 0) is 0 Å². The summed E-state index contributed by atoms with van der Waals surface area (Å²) in [6.45, 7) is 1.75. The molecular formula is C12H12N4O2. The van der Waals surface area contributed by atoms with Crippen LogP contribution in [0, 0.1) is 6.92 Å². The molecule has 2 rings (SSSR count). The van der Waals surface area contributed by atoms with Crippen molar-refractivity contribution in [1.29, 1.82) is 0 Å². The van der Waals surface area contributed by atoms with E-state index in [1.807, 2.05) is 0 Å². The number of aromatic nitrogens is 2. The molecule has 0 spiro atoms. The third kappa shape index (κ3) is 2.37. The highest BCUT2D eigenvalue weighted by Gasteiger charge is 2.11. The molecule has 2 amide bonds. The maximum Gasteiger partial charge on any atom is 0.259 e. The van der Waals surface area contributed by atoms with Gasteiger partial charge in [-0.1, -0.05) is 6.07 Å². The van der Waals surface area contributed by atoms with Crippen LogP contribution in [0.3, 0.4) is 0 Å². The zero-order chi connectivity index (χ0) is 13.1. The quantitative estimate of drug-likeness (QED) is 0.752. The topological polar surface area (TPSA) is 101 Å². The number of nitrogens with one attached hydrogen (secondary N) is 2. The Bertz CT molecular complexity index is 604. The van der Waals surface area contributed by atoms with E-state index in [1.54, 1.807) is 25.1 Å². The molecule has 0 unspecified atom stereocenters. The van der Waals surface area contributed by atoms with Crippen LogP contribution in [0.5, 0.6) is 0 Å². The monoisotopic (exact) mass is 244 g/mol. The summed E-state index contributed by atoms with van der Waals surface area (Å²) < 4.78 is 0. The SMILES string of the molecule is Cc1[nH]ncc1C(=O)Nc1cccc(C(N)=O)c1. The van der Waals surface area contributed by atoms with Crippen LogP contribution < -0.4 is 11.1 Å². The van der Waals surface area contributed by atoms with Crippen molar-refractivity contribution in [2.45, 2.75) is 6.92 Å². The summed E-state index contributed by atoms with van der Waals surface area (Å²) in [6.07, 6.45) is 1.45. The van der Waals surface area contributed by atoms with Gasteiger partial charge in [0.05, 0.1) is 11.8 Å². The van der Waals surface area contributed by atoms with Crippen molar-refractivity contribution >= 4 is 17.5 Å². The van der Waals surface area contributed by atoms with Crippen LogP contribution in [0.4, 0.5) is 5.69 Å². The number of H-pyrrole nitrogens is 1. The second kappa shape index (κ2) is 4.70. The first-order valence-electron chi connectivity index (χ1n) is 5.29. The van der Waals surface area contributed by atoms with Gasteiger partial charge < -0.3 is 11.1 Å². The molecule has 0 bridgehead atoms. The second-order valence-corrected chi connectivity index (χ2v) is 3.81. The minimum Gasteiger partial charge on any atom is -0.366 e. The minimum atomic E-state index is -0.536. The number of benzene rings is 1. The van der Waals surface area contributed by atoms with E-state index in [4.69, 9.17) is 5.73 Å². The number of carbonyl (C=O) groups is 2. The highest BCUT2D eigenvalue weighted by atomic mass is 16.2. The number of nitrogens with zero attached hydrogens (tertiary/aromatic N) is 1. The molecular weight excluding hydrogens is 232 g/mol. The van der Waals surface area contributed by atoms with Gasteiger partial charge in [0.15, 0.2) is 0 Å². The number of carbonyl (C=O) groups excluding carboxylic acids is 2. The Hall–Kier alpha value is -2.63. The summed E-state index contributed by atoms with van der Waals surface area (Å²) in [6, 6.07) is 6.44. The first kappa shape index (κ1) is 11.8. The van der Waals surface area contributed by atoms with Gasteiger partial charge in [-0.2, -0.15) is 5.10 Å². The molecule has 0 aliphatic carbocycles. The number of nitrogens with two attached hydrogens (primary N) is 1. The predicted octanol–water partition coefficient (Wildman–Crippen LogP) is 1.07. The number of anilines is 1. The van der Waals surface area contributed by atoms with Crippen LogP contribution in [-0.4, -0.2) is 22.0 Å². The summed E-state index contributed by atoms with van der Waals surface area (Å²) in [5, 5.41) is 9.12. The van der Waals surface area contributed by atoms with E-state index in [2.05, 4.69) is 15.5 Å². The van der Waals surface area contributed by atoms with Crippen molar-refractivity contribution in [3.05, 3.63) is 47.3 Å². The van der Waals surface area contributed by atoms with Gasteiger partial charge in [0.1, 0.15) is 0 Å². The average Bonchev–Trinajstić information content (AvgIpc) is 2.76. The Morgan fingerprint density at radius 1 is 1.39 bits per heavy atom. The van der Waals surface area contributed by atoms with Crippen LogP contribution in [0.1, 0.15) is 26.4 Å². The Morgan fingerprint density at radius 2 is 2.17 bits per heavy atom. The highest BCUT2D eigenvalue weighted by molar-refractivity contribution is 6.05. The molecule has 0 saturated heterocycles. The normalized spacial score (nSPS) is 10.1. The number of aryl methyl sites for hydroxylation is 1. The lowest BCUT2D eigenvalue weighted by atomic mass is 10.2. The van der Waals surface area contributed by atoms with Crippen molar-refractivity contribution < 1.29 is 9.59 Å². The third-order valence-electron chi connectivity index (χ3n) is 2.48. The van der Waals surface area contributed by atoms with Gasteiger partial charge in [-0.15, -0.1) is 0 Å². The van der Waals surface area contributed by atoms with E-state index in [-0.39, 0.29) is 5.91 Å². The third-order valence-corrected chi connectivity index (χ3v) is 2.48. The lowest BCUT2D eigenvalue weighted by Gasteiger charge is -2.05. The zero-order valence-electron chi connectivity index (χ0n) is 9.73. The molecule has 0 fully saturated rings. The molecule has 0 aliphatic heterocycles. The van der Waals surface area contributed by atoms with Crippen molar-refractivity contribution in [1.82, 2.24) is 10.2 Å². The van der Waals surface area contributed by atoms with Gasteiger partial charge >= 0.3 is 0 Å². The van der Waals surface area contributed by atoms with Gasteiger partial charge in [-0.3, -0.25) is 14.7 Å².